The minimum atomic E-state index is 1.30. The summed E-state index contributed by atoms with van der Waals surface area (Å²) in [5.41, 5.74) is 3.97. The number of benzene rings is 1. The van der Waals surface area contributed by atoms with Crippen LogP contribution in [-0.4, -0.2) is 14.1 Å². The van der Waals surface area contributed by atoms with E-state index in [1.54, 1.807) is 0 Å². The number of hydrogen-bond donors (Lipinski definition) is 0. The Balaban J connectivity index is 0.000000671. The van der Waals surface area contributed by atoms with E-state index < -0.39 is 0 Å². The summed E-state index contributed by atoms with van der Waals surface area (Å²) >= 11 is 0. The Morgan fingerprint density at radius 3 is 1.92 bits per heavy atom. The Bertz CT molecular complexity index is 251. The van der Waals surface area contributed by atoms with Gasteiger partial charge in [-0.25, -0.2) is 0 Å². The molecule has 0 atom stereocenters. The van der Waals surface area contributed by atoms with Gasteiger partial charge in [-0.05, 0) is 25.5 Å². The first kappa shape index (κ1) is 12.0. The van der Waals surface area contributed by atoms with Crippen molar-refractivity contribution in [1.29, 1.82) is 0 Å². The van der Waals surface area contributed by atoms with Crippen molar-refractivity contribution in [3.05, 3.63) is 29.3 Å². The van der Waals surface area contributed by atoms with E-state index in [4.69, 9.17) is 0 Å². The molecule has 0 radical (unpaired) electrons. The van der Waals surface area contributed by atoms with Gasteiger partial charge in [0.05, 0.1) is 0 Å². The van der Waals surface area contributed by atoms with Crippen LogP contribution >= 0.6 is 0 Å². The number of rotatable bonds is 1. The van der Waals surface area contributed by atoms with Gasteiger partial charge in [-0.3, -0.25) is 0 Å². The highest BCUT2D eigenvalue weighted by Crippen LogP contribution is 2.17. The van der Waals surface area contributed by atoms with Crippen LogP contribution < -0.4 is 4.90 Å². The summed E-state index contributed by atoms with van der Waals surface area (Å²) in [7, 11) is 4.13. The van der Waals surface area contributed by atoms with Crippen LogP contribution in [0.4, 0.5) is 5.69 Å². The van der Waals surface area contributed by atoms with Crippen LogP contribution in [0.15, 0.2) is 18.2 Å². The first-order valence-corrected chi connectivity index (χ1v) is 4.86. The Morgan fingerprint density at radius 2 is 1.54 bits per heavy atom. The van der Waals surface area contributed by atoms with Crippen molar-refractivity contribution >= 4 is 5.69 Å². The Morgan fingerprint density at radius 1 is 1.00 bits per heavy atom. The third-order valence-corrected chi connectivity index (χ3v) is 1.83. The SMILES string of the molecule is CC.Cc1ccc(N(C)C)c(C)c1. The lowest BCUT2D eigenvalue weighted by Gasteiger charge is -2.15. The van der Waals surface area contributed by atoms with Gasteiger partial charge in [0.15, 0.2) is 0 Å². The largest absolute Gasteiger partial charge is 0.377 e. The van der Waals surface area contributed by atoms with Crippen LogP contribution in [0, 0.1) is 13.8 Å². The molecular weight excluding hydrogens is 158 g/mol. The predicted molar refractivity (Wildman–Crippen MR) is 61.6 cm³/mol. The average Bonchev–Trinajstić information content (AvgIpc) is 2.07. The van der Waals surface area contributed by atoms with E-state index in [9.17, 15) is 0 Å². The average molecular weight is 179 g/mol. The summed E-state index contributed by atoms with van der Waals surface area (Å²) in [4.78, 5) is 2.13. The van der Waals surface area contributed by atoms with E-state index in [1.165, 1.54) is 16.8 Å². The number of anilines is 1. The quantitative estimate of drug-likeness (QED) is 0.638. The second-order valence-electron chi connectivity index (χ2n) is 3.18. The van der Waals surface area contributed by atoms with Crippen molar-refractivity contribution in [2.75, 3.05) is 19.0 Å². The van der Waals surface area contributed by atoms with E-state index in [-0.39, 0.29) is 0 Å². The van der Waals surface area contributed by atoms with Gasteiger partial charge in [0.25, 0.3) is 0 Å². The molecule has 0 unspecified atom stereocenters. The molecule has 0 saturated heterocycles. The third-order valence-electron chi connectivity index (χ3n) is 1.83. The van der Waals surface area contributed by atoms with Crippen molar-refractivity contribution in [2.45, 2.75) is 27.7 Å². The van der Waals surface area contributed by atoms with E-state index >= 15 is 0 Å². The van der Waals surface area contributed by atoms with Crippen LogP contribution in [0.3, 0.4) is 0 Å². The van der Waals surface area contributed by atoms with Crippen LogP contribution in [0.2, 0.25) is 0 Å². The maximum Gasteiger partial charge on any atom is 0.0390 e. The van der Waals surface area contributed by atoms with Gasteiger partial charge in [-0.15, -0.1) is 0 Å². The van der Waals surface area contributed by atoms with E-state index in [0.29, 0.717) is 0 Å². The molecule has 0 N–H and O–H groups in total. The van der Waals surface area contributed by atoms with Crippen molar-refractivity contribution < 1.29 is 0 Å². The van der Waals surface area contributed by atoms with Gasteiger partial charge in [0.1, 0.15) is 0 Å². The van der Waals surface area contributed by atoms with Gasteiger partial charge in [0.2, 0.25) is 0 Å². The van der Waals surface area contributed by atoms with Crippen molar-refractivity contribution in [3.63, 3.8) is 0 Å². The molecule has 0 amide bonds. The van der Waals surface area contributed by atoms with Crippen LogP contribution in [0.1, 0.15) is 25.0 Å². The second kappa shape index (κ2) is 5.63. The zero-order valence-electron chi connectivity index (χ0n) is 9.68. The molecule has 0 spiro atoms. The lowest BCUT2D eigenvalue weighted by atomic mass is 10.1. The zero-order valence-corrected chi connectivity index (χ0v) is 9.68. The molecule has 1 aromatic carbocycles. The molecule has 1 rings (SSSR count). The topological polar surface area (TPSA) is 3.24 Å². The normalized spacial score (nSPS) is 8.77. The fourth-order valence-electron chi connectivity index (χ4n) is 1.31. The van der Waals surface area contributed by atoms with Crippen LogP contribution in [0.25, 0.3) is 0 Å². The molecule has 0 aliphatic heterocycles. The molecule has 74 valence electrons. The summed E-state index contributed by atoms with van der Waals surface area (Å²) in [5, 5.41) is 0. The summed E-state index contributed by atoms with van der Waals surface area (Å²) in [5.74, 6) is 0. The molecule has 0 bridgehead atoms. The molecule has 0 fully saturated rings. The summed E-state index contributed by atoms with van der Waals surface area (Å²) in [6.07, 6.45) is 0. The van der Waals surface area contributed by atoms with Gasteiger partial charge in [-0.2, -0.15) is 0 Å². The first-order valence-electron chi connectivity index (χ1n) is 4.86. The van der Waals surface area contributed by atoms with Gasteiger partial charge in [0, 0.05) is 19.8 Å². The highest BCUT2D eigenvalue weighted by atomic mass is 15.1. The summed E-state index contributed by atoms with van der Waals surface area (Å²) in [6, 6.07) is 6.50. The maximum absolute atomic E-state index is 2.20. The minimum absolute atomic E-state index is 1.30. The van der Waals surface area contributed by atoms with Crippen LogP contribution in [-0.2, 0) is 0 Å². The Labute approximate surface area is 82.4 Å². The molecule has 0 saturated carbocycles. The zero-order chi connectivity index (χ0) is 10.4. The van der Waals surface area contributed by atoms with E-state index in [0.717, 1.165) is 0 Å². The maximum atomic E-state index is 2.20. The fraction of sp³-hybridized carbons (Fsp3) is 0.500. The smallest absolute Gasteiger partial charge is 0.0390 e. The molecule has 0 aliphatic carbocycles. The standard InChI is InChI=1S/C10H15N.C2H6/c1-8-5-6-10(11(3)4)9(2)7-8;1-2/h5-7H,1-4H3;1-2H3. The van der Waals surface area contributed by atoms with Crippen molar-refractivity contribution in [2.24, 2.45) is 0 Å². The van der Waals surface area contributed by atoms with Gasteiger partial charge in [-0.1, -0.05) is 31.5 Å². The van der Waals surface area contributed by atoms with Crippen molar-refractivity contribution in [3.8, 4) is 0 Å². The minimum Gasteiger partial charge on any atom is -0.377 e. The third kappa shape index (κ3) is 3.49. The molecule has 0 heterocycles. The van der Waals surface area contributed by atoms with E-state index in [2.05, 4.69) is 51.0 Å². The molecule has 1 nitrogen and oxygen atoms in total. The Hall–Kier alpha value is -0.980. The molecule has 13 heavy (non-hydrogen) atoms. The van der Waals surface area contributed by atoms with Crippen molar-refractivity contribution in [1.82, 2.24) is 0 Å². The highest BCUT2D eigenvalue weighted by molar-refractivity contribution is 5.52. The molecule has 1 heteroatoms. The molecule has 0 aromatic heterocycles. The summed E-state index contributed by atoms with van der Waals surface area (Å²) < 4.78 is 0. The fourth-order valence-corrected chi connectivity index (χ4v) is 1.31. The van der Waals surface area contributed by atoms with Gasteiger partial charge >= 0.3 is 0 Å². The lowest BCUT2D eigenvalue weighted by molar-refractivity contribution is 1.11. The number of hydrogen-bond acceptors (Lipinski definition) is 1. The molecule has 0 aliphatic rings. The predicted octanol–water partition coefficient (Wildman–Crippen LogP) is 3.40. The lowest BCUT2D eigenvalue weighted by Crippen LogP contribution is -2.09. The van der Waals surface area contributed by atoms with Gasteiger partial charge < -0.3 is 4.90 Å². The highest BCUT2D eigenvalue weighted by Gasteiger charge is 1.98. The first-order chi connectivity index (χ1) is 6.11. The Kier molecular flexibility index (Phi) is 5.20. The van der Waals surface area contributed by atoms with E-state index in [1.807, 2.05) is 13.8 Å². The summed E-state index contributed by atoms with van der Waals surface area (Å²) in [6.45, 7) is 8.26. The number of aryl methyl sites for hydroxylation is 2. The monoisotopic (exact) mass is 179 g/mol. The van der Waals surface area contributed by atoms with Crippen LogP contribution in [0.5, 0.6) is 0 Å². The second-order valence-corrected chi connectivity index (χ2v) is 3.18. The molecular formula is C12H21N. The number of nitrogens with zero attached hydrogens (tertiary/aromatic N) is 1. The molecule has 1 aromatic rings.